The number of hydrogen-bond donors (Lipinski definition) is 1. The molecule has 13 heavy (non-hydrogen) atoms. The number of ether oxygens (including phenoxy) is 1. The molecule has 72 valence electrons. The van der Waals surface area contributed by atoms with Crippen LogP contribution >= 0.6 is 0 Å². The van der Waals surface area contributed by atoms with Crippen molar-refractivity contribution in [3.8, 4) is 0 Å². The molecular weight excluding hydrogens is 174 g/mol. The van der Waals surface area contributed by atoms with Gasteiger partial charge in [-0.1, -0.05) is 5.16 Å². The second kappa shape index (κ2) is 4.04. The summed E-state index contributed by atoms with van der Waals surface area (Å²) in [4.78, 5) is 10.6. The summed E-state index contributed by atoms with van der Waals surface area (Å²) in [5.41, 5.74) is 0.0562. The van der Waals surface area contributed by atoms with Gasteiger partial charge in [-0.15, -0.1) is 0 Å². The molecule has 1 N–H and O–H groups in total. The van der Waals surface area contributed by atoms with Crippen LogP contribution < -0.4 is 0 Å². The van der Waals surface area contributed by atoms with Crippen LogP contribution in [0, 0.1) is 0 Å². The minimum Gasteiger partial charge on any atom is -0.478 e. The highest BCUT2D eigenvalue weighted by molar-refractivity contribution is 5.88. The standard InChI is InChI=1S/C8H11NO4/c1-5(2)12-4-7-6(8(10)11)3-9-13-7/h3,5H,4H2,1-2H3,(H,10,11). The third-order valence-electron chi connectivity index (χ3n) is 1.42. The van der Waals surface area contributed by atoms with E-state index in [4.69, 9.17) is 14.4 Å². The maximum absolute atomic E-state index is 10.6. The predicted octanol–water partition coefficient (Wildman–Crippen LogP) is 1.30. The molecule has 0 fully saturated rings. The van der Waals surface area contributed by atoms with Crippen LogP contribution in [-0.2, 0) is 11.3 Å². The fourth-order valence-electron chi connectivity index (χ4n) is 0.785. The Morgan fingerprint density at radius 3 is 3.00 bits per heavy atom. The molecule has 1 rings (SSSR count). The maximum atomic E-state index is 10.6. The minimum absolute atomic E-state index is 0.0340. The van der Waals surface area contributed by atoms with E-state index >= 15 is 0 Å². The summed E-state index contributed by atoms with van der Waals surface area (Å²) in [6, 6.07) is 0. The van der Waals surface area contributed by atoms with Crippen molar-refractivity contribution >= 4 is 5.97 Å². The molecule has 0 aromatic carbocycles. The van der Waals surface area contributed by atoms with Gasteiger partial charge < -0.3 is 14.4 Å². The van der Waals surface area contributed by atoms with Gasteiger partial charge in [0, 0.05) is 0 Å². The zero-order valence-corrected chi connectivity index (χ0v) is 7.48. The van der Waals surface area contributed by atoms with E-state index in [0.29, 0.717) is 0 Å². The zero-order valence-electron chi connectivity index (χ0n) is 7.48. The Hall–Kier alpha value is -1.36. The number of nitrogens with zero attached hydrogens (tertiary/aromatic N) is 1. The number of carbonyl (C=O) groups is 1. The molecule has 0 unspecified atom stereocenters. The molecule has 1 heterocycles. The topological polar surface area (TPSA) is 72.6 Å². The Bertz CT molecular complexity index is 292. The lowest BCUT2D eigenvalue weighted by Crippen LogP contribution is -2.05. The van der Waals surface area contributed by atoms with Crippen LogP contribution in [0.3, 0.4) is 0 Å². The summed E-state index contributed by atoms with van der Waals surface area (Å²) in [7, 11) is 0. The molecule has 1 aromatic heterocycles. The number of carboxylic acids is 1. The Kier molecular flexibility index (Phi) is 3.02. The molecule has 0 saturated carbocycles. The van der Waals surface area contributed by atoms with Crippen LogP contribution in [-0.4, -0.2) is 22.3 Å². The Morgan fingerprint density at radius 1 is 1.77 bits per heavy atom. The van der Waals surface area contributed by atoms with Crippen LogP contribution in [0.15, 0.2) is 10.7 Å². The van der Waals surface area contributed by atoms with Gasteiger partial charge in [-0.3, -0.25) is 0 Å². The molecular formula is C8H11NO4. The Balaban J connectivity index is 2.65. The number of rotatable bonds is 4. The summed E-state index contributed by atoms with van der Waals surface area (Å²) in [5.74, 6) is -0.801. The van der Waals surface area contributed by atoms with Crippen LogP contribution in [0.4, 0.5) is 0 Å². The average Bonchev–Trinajstić information content (AvgIpc) is 2.47. The van der Waals surface area contributed by atoms with Gasteiger partial charge in [-0.2, -0.15) is 0 Å². The van der Waals surface area contributed by atoms with E-state index in [-0.39, 0.29) is 24.0 Å². The monoisotopic (exact) mass is 185 g/mol. The second-order valence-electron chi connectivity index (χ2n) is 2.83. The summed E-state index contributed by atoms with van der Waals surface area (Å²) in [6.07, 6.45) is 1.20. The van der Waals surface area contributed by atoms with E-state index in [2.05, 4.69) is 5.16 Å². The van der Waals surface area contributed by atoms with Crippen LogP contribution in [0.2, 0.25) is 0 Å². The zero-order chi connectivity index (χ0) is 9.84. The van der Waals surface area contributed by atoms with Gasteiger partial charge in [0.1, 0.15) is 12.2 Å². The summed E-state index contributed by atoms with van der Waals surface area (Å²) >= 11 is 0. The van der Waals surface area contributed by atoms with Gasteiger partial charge in [0.15, 0.2) is 5.76 Å². The SMILES string of the molecule is CC(C)OCc1oncc1C(=O)O. The Labute approximate surface area is 75.3 Å². The van der Waals surface area contributed by atoms with Gasteiger partial charge in [0.2, 0.25) is 0 Å². The van der Waals surface area contributed by atoms with Crippen molar-refractivity contribution in [3.05, 3.63) is 17.5 Å². The third kappa shape index (κ3) is 2.55. The largest absolute Gasteiger partial charge is 0.478 e. The molecule has 0 bridgehead atoms. The van der Waals surface area contributed by atoms with Crippen molar-refractivity contribution in [2.75, 3.05) is 0 Å². The van der Waals surface area contributed by atoms with Gasteiger partial charge >= 0.3 is 5.97 Å². The van der Waals surface area contributed by atoms with Crippen LogP contribution in [0.25, 0.3) is 0 Å². The lowest BCUT2D eigenvalue weighted by atomic mass is 10.3. The first-order valence-electron chi connectivity index (χ1n) is 3.89. The quantitative estimate of drug-likeness (QED) is 0.765. The van der Waals surface area contributed by atoms with Crippen molar-refractivity contribution in [3.63, 3.8) is 0 Å². The highest BCUT2D eigenvalue weighted by atomic mass is 16.5. The lowest BCUT2D eigenvalue weighted by Gasteiger charge is -2.04. The van der Waals surface area contributed by atoms with Crippen molar-refractivity contribution in [2.24, 2.45) is 0 Å². The van der Waals surface area contributed by atoms with Crippen LogP contribution in [0.5, 0.6) is 0 Å². The fraction of sp³-hybridized carbons (Fsp3) is 0.500. The van der Waals surface area contributed by atoms with E-state index in [9.17, 15) is 4.79 Å². The molecule has 0 spiro atoms. The van der Waals surface area contributed by atoms with Gasteiger partial charge in [0.05, 0.1) is 12.3 Å². The molecule has 0 amide bonds. The summed E-state index contributed by atoms with van der Waals surface area (Å²) < 4.78 is 9.90. The second-order valence-corrected chi connectivity index (χ2v) is 2.83. The molecule has 5 nitrogen and oxygen atoms in total. The van der Waals surface area contributed by atoms with Crippen molar-refractivity contribution in [2.45, 2.75) is 26.6 Å². The molecule has 0 aliphatic heterocycles. The Morgan fingerprint density at radius 2 is 2.46 bits per heavy atom. The number of hydrogen-bond acceptors (Lipinski definition) is 4. The molecule has 0 aliphatic rings. The van der Waals surface area contributed by atoms with E-state index < -0.39 is 5.97 Å². The summed E-state index contributed by atoms with van der Waals surface area (Å²) in [5, 5.41) is 12.0. The number of aromatic nitrogens is 1. The molecule has 0 saturated heterocycles. The van der Waals surface area contributed by atoms with Gasteiger partial charge in [-0.25, -0.2) is 4.79 Å². The highest BCUT2D eigenvalue weighted by Gasteiger charge is 2.15. The minimum atomic E-state index is -1.05. The molecule has 5 heteroatoms. The van der Waals surface area contributed by atoms with Crippen molar-refractivity contribution in [1.82, 2.24) is 5.16 Å². The first-order valence-corrected chi connectivity index (χ1v) is 3.89. The van der Waals surface area contributed by atoms with E-state index in [0.717, 1.165) is 0 Å². The average molecular weight is 185 g/mol. The number of carboxylic acid groups (broad SMARTS) is 1. The molecule has 0 atom stereocenters. The number of aromatic carboxylic acids is 1. The third-order valence-corrected chi connectivity index (χ3v) is 1.42. The maximum Gasteiger partial charge on any atom is 0.341 e. The van der Waals surface area contributed by atoms with E-state index in [1.165, 1.54) is 6.20 Å². The molecule has 0 radical (unpaired) electrons. The van der Waals surface area contributed by atoms with Crippen molar-refractivity contribution in [1.29, 1.82) is 0 Å². The first-order chi connectivity index (χ1) is 6.11. The van der Waals surface area contributed by atoms with Gasteiger partial charge in [0.25, 0.3) is 0 Å². The van der Waals surface area contributed by atoms with Crippen molar-refractivity contribution < 1.29 is 19.2 Å². The van der Waals surface area contributed by atoms with Crippen LogP contribution in [0.1, 0.15) is 30.0 Å². The first kappa shape index (κ1) is 9.73. The normalized spacial score (nSPS) is 10.7. The van der Waals surface area contributed by atoms with Gasteiger partial charge in [-0.05, 0) is 13.8 Å². The predicted molar refractivity (Wildman–Crippen MR) is 43.4 cm³/mol. The fourth-order valence-corrected chi connectivity index (χ4v) is 0.785. The molecule has 1 aromatic rings. The smallest absolute Gasteiger partial charge is 0.341 e. The lowest BCUT2D eigenvalue weighted by molar-refractivity contribution is 0.0485. The highest BCUT2D eigenvalue weighted by Crippen LogP contribution is 2.10. The van der Waals surface area contributed by atoms with E-state index in [1.807, 2.05) is 13.8 Å². The van der Waals surface area contributed by atoms with E-state index in [1.54, 1.807) is 0 Å². The molecule has 0 aliphatic carbocycles. The summed E-state index contributed by atoms with van der Waals surface area (Å²) in [6.45, 7) is 3.85.